The van der Waals surface area contributed by atoms with E-state index in [1.54, 1.807) is 5.57 Å². The Kier molecular flexibility index (Phi) is 4.57. The SMILES string of the molecule is CC(O)CS1(N(C)C)C=CC(C2CCCCC2)=C1. The molecule has 2 aliphatic rings. The summed E-state index contributed by atoms with van der Waals surface area (Å²) in [5.41, 5.74) is 1.54. The summed E-state index contributed by atoms with van der Waals surface area (Å²) in [6, 6.07) is 0. The Hall–Kier alpha value is -0.250. The molecule has 0 spiro atoms. The van der Waals surface area contributed by atoms with E-state index in [9.17, 15) is 5.11 Å². The Morgan fingerprint density at radius 3 is 2.56 bits per heavy atom. The van der Waals surface area contributed by atoms with Gasteiger partial charge in [-0.3, -0.25) is 4.31 Å². The molecule has 0 radical (unpaired) electrons. The fraction of sp³-hybridized carbons (Fsp3) is 0.733. The minimum Gasteiger partial charge on any atom is -0.393 e. The van der Waals surface area contributed by atoms with Crippen LogP contribution < -0.4 is 0 Å². The van der Waals surface area contributed by atoms with E-state index >= 15 is 0 Å². The summed E-state index contributed by atoms with van der Waals surface area (Å²) in [6.45, 7) is 1.90. The van der Waals surface area contributed by atoms with E-state index in [4.69, 9.17) is 0 Å². The third kappa shape index (κ3) is 3.01. The lowest BCUT2D eigenvalue weighted by molar-refractivity contribution is 0.219. The van der Waals surface area contributed by atoms with Crippen LogP contribution in [0.3, 0.4) is 0 Å². The summed E-state index contributed by atoms with van der Waals surface area (Å²) >= 11 is 0. The lowest BCUT2D eigenvalue weighted by Crippen LogP contribution is -2.23. The van der Waals surface area contributed by atoms with Gasteiger partial charge in [-0.15, -0.1) is 10.2 Å². The Morgan fingerprint density at radius 1 is 1.33 bits per heavy atom. The molecule has 1 saturated carbocycles. The van der Waals surface area contributed by atoms with Crippen LogP contribution in [0.25, 0.3) is 0 Å². The Bertz CT molecular complexity index is 342. The maximum absolute atomic E-state index is 9.75. The maximum atomic E-state index is 9.75. The number of hydrogen-bond donors (Lipinski definition) is 1. The van der Waals surface area contributed by atoms with Crippen molar-refractivity contribution in [2.45, 2.75) is 45.1 Å². The number of allylic oxidation sites excluding steroid dienone is 2. The quantitative estimate of drug-likeness (QED) is 0.842. The first kappa shape index (κ1) is 14.2. The number of aliphatic hydroxyl groups is 1. The van der Waals surface area contributed by atoms with Crippen LogP contribution in [0, 0.1) is 5.92 Å². The van der Waals surface area contributed by atoms with E-state index in [1.807, 2.05) is 6.92 Å². The van der Waals surface area contributed by atoms with E-state index in [-0.39, 0.29) is 6.10 Å². The van der Waals surface area contributed by atoms with Gasteiger partial charge in [0.15, 0.2) is 0 Å². The molecular weight excluding hydrogens is 242 g/mol. The first-order chi connectivity index (χ1) is 8.53. The zero-order valence-corrected chi connectivity index (χ0v) is 12.7. The summed E-state index contributed by atoms with van der Waals surface area (Å²) in [7, 11) is 3.25. The number of hydrogen-bond acceptors (Lipinski definition) is 2. The van der Waals surface area contributed by atoms with Crippen LogP contribution in [0.4, 0.5) is 0 Å². The van der Waals surface area contributed by atoms with E-state index in [1.165, 1.54) is 32.1 Å². The normalized spacial score (nSPS) is 34.4. The lowest BCUT2D eigenvalue weighted by atomic mass is 9.84. The molecule has 0 aromatic rings. The minimum absolute atomic E-state index is 0.228. The summed E-state index contributed by atoms with van der Waals surface area (Å²) in [5, 5.41) is 14.6. The minimum atomic E-state index is -1.03. The average Bonchev–Trinajstić information content (AvgIpc) is 2.75. The van der Waals surface area contributed by atoms with Crippen LogP contribution in [0.2, 0.25) is 0 Å². The topological polar surface area (TPSA) is 23.5 Å². The molecular formula is C15H27NOS. The van der Waals surface area contributed by atoms with Crippen molar-refractivity contribution >= 4 is 10.2 Å². The Balaban J connectivity index is 2.14. The summed E-state index contributed by atoms with van der Waals surface area (Å²) < 4.78 is 2.31. The molecule has 3 heteroatoms. The van der Waals surface area contributed by atoms with Gasteiger partial charge in [0.25, 0.3) is 0 Å². The van der Waals surface area contributed by atoms with Gasteiger partial charge in [0, 0.05) is 5.75 Å². The lowest BCUT2D eigenvalue weighted by Gasteiger charge is -2.40. The van der Waals surface area contributed by atoms with Crippen LogP contribution in [-0.4, -0.2) is 35.4 Å². The van der Waals surface area contributed by atoms with Crippen LogP contribution in [0.5, 0.6) is 0 Å². The average molecular weight is 269 g/mol. The molecule has 18 heavy (non-hydrogen) atoms. The van der Waals surface area contributed by atoms with Crippen molar-refractivity contribution in [3.05, 3.63) is 22.5 Å². The van der Waals surface area contributed by atoms with Crippen LogP contribution >= 0.6 is 10.2 Å². The molecule has 1 N–H and O–H groups in total. The molecule has 2 nitrogen and oxygen atoms in total. The van der Waals surface area contributed by atoms with Crippen molar-refractivity contribution in [1.29, 1.82) is 0 Å². The highest BCUT2D eigenvalue weighted by Crippen LogP contribution is 2.58. The molecule has 1 aliphatic carbocycles. The van der Waals surface area contributed by atoms with Gasteiger partial charge in [-0.05, 0) is 56.2 Å². The molecule has 0 bridgehead atoms. The van der Waals surface area contributed by atoms with Gasteiger partial charge >= 0.3 is 0 Å². The highest BCUT2D eigenvalue weighted by Gasteiger charge is 2.30. The van der Waals surface area contributed by atoms with Gasteiger partial charge in [-0.2, -0.15) is 0 Å². The molecule has 0 aromatic carbocycles. The molecule has 1 heterocycles. The zero-order valence-electron chi connectivity index (χ0n) is 11.9. The van der Waals surface area contributed by atoms with Crippen LogP contribution in [0.15, 0.2) is 22.5 Å². The van der Waals surface area contributed by atoms with Crippen LogP contribution in [0.1, 0.15) is 39.0 Å². The zero-order chi connectivity index (χ0) is 13.2. The van der Waals surface area contributed by atoms with Crippen molar-refractivity contribution in [2.75, 3.05) is 19.8 Å². The molecule has 0 saturated heterocycles. The number of nitrogens with zero attached hydrogens (tertiary/aromatic N) is 1. The Morgan fingerprint density at radius 2 is 2.00 bits per heavy atom. The van der Waals surface area contributed by atoms with Crippen molar-refractivity contribution in [1.82, 2.24) is 4.31 Å². The van der Waals surface area contributed by atoms with Crippen LogP contribution in [-0.2, 0) is 0 Å². The summed E-state index contributed by atoms with van der Waals surface area (Å²) in [5.74, 6) is 1.64. The summed E-state index contributed by atoms with van der Waals surface area (Å²) in [6.07, 6.45) is 9.00. The van der Waals surface area contributed by atoms with Gasteiger partial charge in [0.05, 0.1) is 6.10 Å². The van der Waals surface area contributed by atoms with Gasteiger partial charge in [0.2, 0.25) is 0 Å². The van der Waals surface area contributed by atoms with E-state index in [0.717, 1.165) is 11.7 Å². The molecule has 0 aromatic heterocycles. The van der Waals surface area contributed by atoms with Gasteiger partial charge in [0.1, 0.15) is 0 Å². The second-order valence-corrected chi connectivity index (χ2v) is 9.08. The van der Waals surface area contributed by atoms with E-state index in [0.29, 0.717) is 0 Å². The third-order valence-corrected chi connectivity index (χ3v) is 7.76. The maximum Gasteiger partial charge on any atom is 0.0605 e. The number of aliphatic hydroxyl groups excluding tert-OH is 1. The van der Waals surface area contributed by atoms with Crippen molar-refractivity contribution in [2.24, 2.45) is 5.92 Å². The van der Waals surface area contributed by atoms with Gasteiger partial charge in [-0.25, -0.2) is 0 Å². The monoisotopic (exact) mass is 269 g/mol. The van der Waals surface area contributed by atoms with E-state index < -0.39 is 10.2 Å². The fourth-order valence-corrected chi connectivity index (χ4v) is 5.99. The first-order valence-electron chi connectivity index (χ1n) is 7.10. The van der Waals surface area contributed by atoms with Crippen molar-refractivity contribution < 1.29 is 5.11 Å². The molecule has 2 atom stereocenters. The third-order valence-electron chi connectivity index (χ3n) is 4.10. The molecule has 2 rings (SSSR count). The smallest absolute Gasteiger partial charge is 0.0605 e. The molecule has 0 amide bonds. The molecule has 2 unspecified atom stereocenters. The van der Waals surface area contributed by atoms with Crippen molar-refractivity contribution in [3.63, 3.8) is 0 Å². The highest BCUT2D eigenvalue weighted by molar-refractivity contribution is 8.36. The molecule has 1 aliphatic heterocycles. The van der Waals surface area contributed by atoms with Gasteiger partial charge < -0.3 is 5.11 Å². The molecule has 104 valence electrons. The molecule has 1 fully saturated rings. The fourth-order valence-electron chi connectivity index (χ4n) is 3.05. The predicted molar refractivity (Wildman–Crippen MR) is 81.6 cm³/mol. The second kappa shape index (κ2) is 5.81. The van der Waals surface area contributed by atoms with Crippen molar-refractivity contribution in [3.8, 4) is 0 Å². The Labute approximate surface area is 113 Å². The highest BCUT2D eigenvalue weighted by atomic mass is 32.3. The largest absolute Gasteiger partial charge is 0.393 e. The van der Waals surface area contributed by atoms with Gasteiger partial charge in [-0.1, -0.05) is 25.3 Å². The van der Waals surface area contributed by atoms with E-state index in [2.05, 4.69) is 35.3 Å². The number of rotatable bonds is 4. The summed E-state index contributed by atoms with van der Waals surface area (Å²) in [4.78, 5) is 0. The first-order valence-corrected chi connectivity index (χ1v) is 8.98. The predicted octanol–water partition coefficient (Wildman–Crippen LogP) is 3.64. The standard InChI is InChI=1S/C15H27NOS/c1-13(17)11-18(16(2)3)10-9-15(12-18)14-7-5-4-6-8-14/h9-10,12-14,17H,4-8,11H2,1-3H3. The second-order valence-electron chi connectivity index (χ2n) is 5.89.